The topological polar surface area (TPSA) is 35.2 Å². The molecule has 0 saturated heterocycles. The average molecular weight is 266 g/mol. The van der Waals surface area contributed by atoms with E-state index in [4.69, 9.17) is 17.3 Å². The first kappa shape index (κ1) is 13.7. The van der Waals surface area contributed by atoms with E-state index in [0.29, 0.717) is 18.0 Å². The number of nitrogens with two attached hydrogens (primary N) is 1. The third-order valence-corrected chi connectivity index (χ3v) is 2.05. The fourth-order valence-corrected chi connectivity index (χ4v) is 1.31. The van der Waals surface area contributed by atoms with Crippen molar-refractivity contribution in [2.75, 3.05) is 11.6 Å². The van der Waals surface area contributed by atoms with Crippen molar-refractivity contribution < 1.29 is 17.9 Å². The zero-order valence-corrected chi connectivity index (χ0v) is 9.55. The molecule has 0 spiro atoms. The number of benzene rings is 1. The number of nitrogen functional groups attached to an aromatic ring is 1. The molecule has 0 amide bonds. The van der Waals surface area contributed by atoms with Gasteiger partial charge in [-0.05, 0) is 24.6 Å². The van der Waals surface area contributed by atoms with Crippen LogP contribution in [0, 0.1) is 0 Å². The van der Waals surface area contributed by atoms with E-state index < -0.39 is 6.36 Å². The smallest absolute Gasteiger partial charge is 0.405 e. The summed E-state index contributed by atoms with van der Waals surface area (Å²) in [7, 11) is 0. The zero-order chi connectivity index (χ0) is 12.9. The zero-order valence-electron chi connectivity index (χ0n) is 8.80. The molecule has 2 N–H and O–H groups in total. The van der Waals surface area contributed by atoms with E-state index >= 15 is 0 Å². The third-order valence-electron chi connectivity index (χ3n) is 1.83. The lowest BCUT2D eigenvalue weighted by atomic mass is 10.1. The molecule has 0 heterocycles. The molecule has 0 aromatic heterocycles. The number of halogens is 4. The summed E-state index contributed by atoms with van der Waals surface area (Å²) in [5, 5.41) is 0. The van der Waals surface area contributed by atoms with Crippen LogP contribution in [0.2, 0.25) is 0 Å². The Labute approximate surface area is 102 Å². The minimum absolute atomic E-state index is 0.271. The van der Waals surface area contributed by atoms with Gasteiger partial charge in [0.15, 0.2) is 0 Å². The van der Waals surface area contributed by atoms with Crippen LogP contribution in [-0.4, -0.2) is 12.2 Å². The number of hydrogen-bond acceptors (Lipinski definition) is 2. The normalized spacial score (nSPS) is 12.0. The molecule has 6 heteroatoms. The van der Waals surface area contributed by atoms with Crippen molar-refractivity contribution in [3.63, 3.8) is 0 Å². The Kier molecular flexibility index (Phi) is 4.69. The number of allylic oxidation sites excluding steroid dienone is 1. The van der Waals surface area contributed by atoms with Crippen LogP contribution in [0.15, 0.2) is 24.3 Å². The van der Waals surface area contributed by atoms with Crippen molar-refractivity contribution in [2.45, 2.75) is 12.8 Å². The number of rotatable bonds is 4. The Balaban J connectivity index is 2.95. The van der Waals surface area contributed by atoms with E-state index in [-0.39, 0.29) is 11.3 Å². The molecule has 0 fully saturated rings. The Hall–Kier alpha value is -1.36. The molecule has 94 valence electrons. The van der Waals surface area contributed by atoms with Gasteiger partial charge in [0.05, 0.1) is 0 Å². The van der Waals surface area contributed by atoms with Crippen LogP contribution in [0.5, 0.6) is 5.75 Å². The van der Waals surface area contributed by atoms with Crippen LogP contribution in [-0.2, 0) is 0 Å². The quantitative estimate of drug-likeness (QED) is 0.664. The second-order valence-corrected chi connectivity index (χ2v) is 3.60. The van der Waals surface area contributed by atoms with Gasteiger partial charge in [-0.2, -0.15) is 0 Å². The van der Waals surface area contributed by atoms with Crippen molar-refractivity contribution in [3.05, 3.63) is 29.8 Å². The number of anilines is 1. The van der Waals surface area contributed by atoms with Gasteiger partial charge in [0.2, 0.25) is 0 Å². The van der Waals surface area contributed by atoms with Crippen LogP contribution >= 0.6 is 11.6 Å². The molecule has 2 nitrogen and oxygen atoms in total. The molecule has 0 saturated carbocycles. The second-order valence-electron chi connectivity index (χ2n) is 3.23. The summed E-state index contributed by atoms with van der Waals surface area (Å²) in [6, 6.07) is 3.94. The first-order chi connectivity index (χ1) is 7.92. The van der Waals surface area contributed by atoms with E-state index in [1.807, 2.05) is 0 Å². The van der Waals surface area contributed by atoms with Gasteiger partial charge < -0.3 is 10.5 Å². The molecule has 0 aliphatic carbocycles. The van der Waals surface area contributed by atoms with E-state index in [1.54, 1.807) is 6.08 Å². The Morgan fingerprint density at radius 2 is 2.06 bits per heavy atom. The lowest BCUT2D eigenvalue weighted by Crippen LogP contribution is -2.17. The van der Waals surface area contributed by atoms with Crippen molar-refractivity contribution in [1.29, 1.82) is 0 Å². The van der Waals surface area contributed by atoms with Crippen LogP contribution in [0.25, 0.3) is 6.08 Å². The van der Waals surface area contributed by atoms with E-state index in [9.17, 15) is 13.2 Å². The van der Waals surface area contributed by atoms with Crippen molar-refractivity contribution >= 4 is 23.4 Å². The molecule has 0 bridgehead atoms. The predicted molar refractivity (Wildman–Crippen MR) is 61.9 cm³/mol. The fourth-order valence-electron chi connectivity index (χ4n) is 1.19. The van der Waals surface area contributed by atoms with Gasteiger partial charge in [0.1, 0.15) is 5.75 Å². The molecule has 0 atom stereocenters. The SMILES string of the molecule is Nc1ccc(OC(F)(F)F)c(C=CCCCl)c1. The molecule has 0 radical (unpaired) electrons. The predicted octanol–water partition coefficient (Wildman–Crippen LogP) is 3.81. The van der Waals surface area contributed by atoms with Crippen LogP contribution in [0.1, 0.15) is 12.0 Å². The minimum atomic E-state index is -4.72. The van der Waals surface area contributed by atoms with Gasteiger partial charge in [0, 0.05) is 17.1 Å². The van der Waals surface area contributed by atoms with Gasteiger partial charge in [-0.3, -0.25) is 0 Å². The fraction of sp³-hybridized carbons (Fsp3) is 0.273. The summed E-state index contributed by atoms with van der Waals surface area (Å²) in [5.41, 5.74) is 6.14. The van der Waals surface area contributed by atoms with Gasteiger partial charge in [-0.1, -0.05) is 12.2 Å². The molecular weight excluding hydrogens is 255 g/mol. The molecule has 17 heavy (non-hydrogen) atoms. The van der Waals surface area contributed by atoms with Crippen molar-refractivity contribution in [1.82, 2.24) is 0 Å². The van der Waals surface area contributed by atoms with Gasteiger partial charge in [-0.25, -0.2) is 0 Å². The Morgan fingerprint density at radius 3 is 2.65 bits per heavy atom. The maximum absolute atomic E-state index is 12.1. The maximum Gasteiger partial charge on any atom is 0.573 e. The van der Waals surface area contributed by atoms with Crippen LogP contribution in [0.4, 0.5) is 18.9 Å². The summed E-state index contributed by atoms with van der Waals surface area (Å²) in [6.45, 7) is 0. The average Bonchev–Trinajstić information content (AvgIpc) is 2.20. The van der Waals surface area contributed by atoms with Crippen molar-refractivity contribution in [2.24, 2.45) is 0 Å². The largest absolute Gasteiger partial charge is 0.573 e. The number of alkyl halides is 4. The van der Waals surface area contributed by atoms with Crippen LogP contribution in [0.3, 0.4) is 0 Å². The number of hydrogen-bond donors (Lipinski definition) is 1. The molecule has 0 unspecified atom stereocenters. The first-order valence-electron chi connectivity index (χ1n) is 4.80. The van der Waals surface area contributed by atoms with E-state index in [2.05, 4.69) is 4.74 Å². The highest BCUT2D eigenvalue weighted by Crippen LogP contribution is 2.28. The summed E-state index contributed by atoms with van der Waals surface area (Å²) >= 11 is 5.46. The van der Waals surface area contributed by atoms with E-state index in [1.165, 1.54) is 24.3 Å². The highest BCUT2D eigenvalue weighted by Gasteiger charge is 2.31. The standard InChI is InChI=1S/C11H11ClF3NO/c12-6-2-1-3-8-7-9(16)4-5-10(8)17-11(13,14)15/h1,3-5,7H,2,6,16H2. The Morgan fingerprint density at radius 1 is 1.35 bits per heavy atom. The molecule has 1 rings (SSSR count). The molecule has 1 aromatic carbocycles. The minimum Gasteiger partial charge on any atom is -0.405 e. The van der Waals surface area contributed by atoms with Gasteiger partial charge in [0.25, 0.3) is 0 Å². The molecule has 0 aliphatic rings. The van der Waals surface area contributed by atoms with Gasteiger partial charge >= 0.3 is 6.36 Å². The van der Waals surface area contributed by atoms with Crippen molar-refractivity contribution in [3.8, 4) is 5.75 Å². The number of ether oxygens (including phenoxy) is 1. The Bertz CT molecular complexity index is 404. The summed E-state index contributed by atoms with van der Waals surface area (Å²) in [4.78, 5) is 0. The summed E-state index contributed by atoms with van der Waals surface area (Å²) < 4.78 is 40.2. The van der Waals surface area contributed by atoms with E-state index in [0.717, 1.165) is 0 Å². The molecule has 1 aromatic rings. The third kappa shape index (κ3) is 4.99. The maximum atomic E-state index is 12.1. The molecular formula is C11H11ClF3NO. The summed E-state index contributed by atoms with van der Waals surface area (Å²) in [6.07, 6.45) is -1.00. The highest BCUT2D eigenvalue weighted by atomic mass is 35.5. The van der Waals surface area contributed by atoms with Crippen LogP contribution < -0.4 is 10.5 Å². The van der Waals surface area contributed by atoms with Gasteiger partial charge in [-0.15, -0.1) is 24.8 Å². The monoisotopic (exact) mass is 265 g/mol. The first-order valence-corrected chi connectivity index (χ1v) is 5.33. The highest BCUT2D eigenvalue weighted by molar-refractivity contribution is 6.17. The summed E-state index contributed by atoms with van der Waals surface area (Å²) in [5.74, 6) is 0.117. The molecule has 0 aliphatic heterocycles. The second kappa shape index (κ2) is 5.82. The lowest BCUT2D eigenvalue weighted by Gasteiger charge is -2.11. The lowest BCUT2D eigenvalue weighted by molar-refractivity contribution is -0.274.